The molecule has 1 aliphatic rings. The summed E-state index contributed by atoms with van der Waals surface area (Å²) in [7, 11) is -4.03. The Morgan fingerprint density at radius 3 is 2.38 bits per heavy atom. The molecular weight excluding hydrogens is 364 g/mol. The van der Waals surface area contributed by atoms with Crippen LogP contribution in [0.1, 0.15) is 19.3 Å². The second-order valence-corrected chi connectivity index (χ2v) is 7.80. The number of rotatable bonds is 7. The van der Waals surface area contributed by atoms with Crippen molar-refractivity contribution in [1.82, 2.24) is 4.98 Å². The molecule has 1 aromatic heterocycles. The number of anilines is 2. The molecule has 0 amide bonds. The summed E-state index contributed by atoms with van der Waals surface area (Å²) in [4.78, 5) is 6.02. The lowest BCUT2D eigenvalue weighted by molar-refractivity contribution is 0.283. The molecule has 9 heteroatoms. The van der Waals surface area contributed by atoms with Gasteiger partial charge in [0.15, 0.2) is 0 Å². The van der Waals surface area contributed by atoms with Gasteiger partial charge in [-0.2, -0.15) is 0 Å². The van der Waals surface area contributed by atoms with E-state index in [0.29, 0.717) is 24.5 Å². The smallest absolute Gasteiger partial charge is 0.263 e. The van der Waals surface area contributed by atoms with Crippen LogP contribution >= 0.6 is 0 Å². The van der Waals surface area contributed by atoms with Crippen LogP contribution in [-0.4, -0.2) is 37.7 Å². The summed E-state index contributed by atoms with van der Waals surface area (Å²) < 4.78 is 53.3. The molecule has 26 heavy (non-hydrogen) atoms. The Balaban J connectivity index is 1.79. The molecule has 2 N–H and O–H groups in total. The fraction of sp³-hybridized carbons (Fsp3) is 0.353. The van der Waals surface area contributed by atoms with Gasteiger partial charge >= 0.3 is 0 Å². The van der Waals surface area contributed by atoms with Crippen molar-refractivity contribution in [3.63, 3.8) is 0 Å². The van der Waals surface area contributed by atoms with Crippen molar-refractivity contribution >= 4 is 21.5 Å². The number of sulfonamides is 1. The normalized spacial score (nSPS) is 14.7. The summed E-state index contributed by atoms with van der Waals surface area (Å²) in [5.41, 5.74) is -0.206. The Morgan fingerprint density at radius 2 is 1.88 bits per heavy atom. The van der Waals surface area contributed by atoms with Crippen LogP contribution in [0, 0.1) is 11.6 Å². The zero-order valence-electron chi connectivity index (χ0n) is 13.9. The quantitative estimate of drug-likeness (QED) is 0.768. The highest BCUT2D eigenvalue weighted by Crippen LogP contribution is 2.28. The van der Waals surface area contributed by atoms with Crippen LogP contribution in [0.3, 0.4) is 0 Å². The molecule has 1 fully saturated rings. The first-order valence-electron chi connectivity index (χ1n) is 8.21. The maximum absolute atomic E-state index is 13.2. The largest absolute Gasteiger partial charge is 0.395 e. The summed E-state index contributed by atoms with van der Waals surface area (Å²) in [6.07, 6.45) is 4.33. The van der Waals surface area contributed by atoms with Crippen LogP contribution in [0.15, 0.2) is 41.4 Å². The van der Waals surface area contributed by atoms with E-state index in [1.165, 1.54) is 12.3 Å². The van der Waals surface area contributed by atoms with Crippen LogP contribution in [0.5, 0.6) is 0 Å². The first-order valence-corrected chi connectivity index (χ1v) is 9.70. The van der Waals surface area contributed by atoms with E-state index in [2.05, 4.69) is 9.71 Å². The van der Waals surface area contributed by atoms with Gasteiger partial charge in [-0.1, -0.05) is 0 Å². The van der Waals surface area contributed by atoms with Crippen molar-refractivity contribution in [2.45, 2.75) is 30.2 Å². The van der Waals surface area contributed by atoms with Crippen molar-refractivity contribution < 1.29 is 22.3 Å². The van der Waals surface area contributed by atoms with Crippen LogP contribution in [0.25, 0.3) is 0 Å². The van der Waals surface area contributed by atoms with Gasteiger partial charge in [0.2, 0.25) is 0 Å². The van der Waals surface area contributed by atoms with Crippen molar-refractivity contribution in [3.05, 3.63) is 48.2 Å². The molecule has 6 nitrogen and oxygen atoms in total. The van der Waals surface area contributed by atoms with Crippen molar-refractivity contribution in [1.29, 1.82) is 0 Å². The monoisotopic (exact) mass is 383 g/mol. The first-order chi connectivity index (χ1) is 12.4. The third-order valence-electron chi connectivity index (χ3n) is 4.30. The first kappa shape index (κ1) is 18.5. The number of hydrogen-bond donors (Lipinski definition) is 2. The van der Waals surface area contributed by atoms with Crippen LogP contribution < -0.4 is 9.62 Å². The number of hydrogen-bond acceptors (Lipinski definition) is 5. The highest BCUT2D eigenvalue weighted by molar-refractivity contribution is 7.92. The summed E-state index contributed by atoms with van der Waals surface area (Å²) >= 11 is 0. The fourth-order valence-corrected chi connectivity index (χ4v) is 3.80. The number of aliphatic hydroxyl groups excluding tert-OH is 1. The van der Waals surface area contributed by atoms with E-state index in [0.717, 1.165) is 31.4 Å². The second kappa shape index (κ2) is 7.55. The average molecular weight is 383 g/mol. The van der Waals surface area contributed by atoms with Gasteiger partial charge in [0.25, 0.3) is 10.0 Å². The summed E-state index contributed by atoms with van der Waals surface area (Å²) in [6, 6.07) is 5.68. The topological polar surface area (TPSA) is 82.5 Å². The summed E-state index contributed by atoms with van der Waals surface area (Å²) in [5.74, 6) is -1.17. The van der Waals surface area contributed by atoms with Crippen LogP contribution in [0.4, 0.5) is 20.3 Å². The van der Waals surface area contributed by atoms with Gasteiger partial charge in [-0.15, -0.1) is 0 Å². The Morgan fingerprint density at radius 1 is 1.19 bits per heavy atom. The molecule has 1 saturated carbocycles. The highest BCUT2D eigenvalue weighted by Gasteiger charge is 2.26. The van der Waals surface area contributed by atoms with Crippen LogP contribution in [-0.2, 0) is 10.0 Å². The van der Waals surface area contributed by atoms with Gasteiger partial charge in [-0.3, -0.25) is 4.72 Å². The lowest BCUT2D eigenvalue weighted by atomic mass is 9.91. The second-order valence-electron chi connectivity index (χ2n) is 6.12. The number of aromatic nitrogens is 1. The van der Waals surface area contributed by atoms with E-state index in [-0.39, 0.29) is 17.2 Å². The minimum atomic E-state index is -4.03. The Labute approximate surface area is 150 Å². The van der Waals surface area contributed by atoms with E-state index in [1.54, 1.807) is 6.07 Å². The number of benzene rings is 1. The maximum atomic E-state index is 13.2. The van der Waals surface area contributed by atoms with Crippen molar-refractivity contribution in [3.8, 4) is 0 Å². The van der Waals surface area contributed by atoms with E-state index in [4.69, 9.17) is 0 Å². The molecule has 0 atom stereocenters. The third-order valence-corrected chi connectivity index (χ3v) is 5.66. The molecular formula is C17H19F2N3O3S. The lowest BCUT2D eigenvalue weighted by Crippen LogP contribution is -2.42. The minimum absolute atomic E-state index is 0.0229. The summed E-state index contributed by atoms with van der Waals surface area (Å²) in [5, 5.41) is 9.22. The van der Waals surface area contributed by atoms with Crippen molar-refractivity contribution in [2.75, 3.05) is 22.8 Å². The molecule has 0 saturated heterocycles. The van der Waals surface area contributed by atoms with Gasteiger partial charge in [-0.05, 0) is 43.5 Å². The lowest BCUT2D eigenvalue weighted by Gasteiger charge is -2.38. The van der Waals surface area contributed by atoms with Gasteiger partial charge in [-0.25, -0.2) is 22.2 Å². The molecule has 2 aromatic rings. The molecule has 0 bridgehead atoms. The molecule has 0 aliphatic heterocycles. The summed E-state index contributed by atoms with van der Waals surface area (Å²) in [6.45, 7) is 0.398. The zero-order chi connectivity index (χ0) is 18.7. The molecule has 3 rings (SSSR count). The van der Waals surface area contributed by atoms with Crippen LogP contribution in [0.2, 0.25) is 0 Å². The standard InChI is InChI=1S/C17H19F2N3O3S/c18-12-8-13(19)10-14(9-12)21-26(24,25)16-4-5-17(20-11-16)22(6-7-23)15-2-1-3-15/h4-5,8-11,15,21,23H,1-3,6-7H2. The van der Waals surface area contributed by atoms with Gasteiger partial charge < -0.3 is 10.0 Å². The molecule has 140 valence electrons. The highest BCUT2D eigenvalue weighted by atomic mass is 32.2. The van der Waals surface area contributed by atoms with Gasteiger partial charge in [0.05, 0.1) is 12.3 Å². The number of halogens is 2. The Hall–Kier alpha value is -2.26. The Bertz CT molecular complexity index is 851. The molecule has 0 radical (unpaired) electrons. The van der Waals surface area contributed by atoms with E-state index >= 15 is 0 Å². The Kier molecular flexibility index (Phi) is 5.38. The molecule has 1 aromatic carbocycles. The molecule has 1 aliphatic carbocycles. The third kappa shape index (κ3) is 4.10. The fourth-order valence-electron chi connectivity index (χ4n) is 2.82. The number of aliphatic hydroxyl groups is 1. The SMILES string of the molecule is O=S(=O)(Nc1cc(F)cc(F)c1)c1ccc(N(CCO)C2CCC2)nc1. The average Bonchev–Trinajstić information content (AvgIpc) is 2.51. The number of nitrogens with one attached hydrogen (secondary N) is 1. The van der Waals surface area contributed by atoms with Crippen molar-refractivity contribution in [2.24, 2.45) is 0 Å². The zero-order valence-corrected chi connectivity index (χ0v) is 14.7. The maximum Gasteiger partial charge on any atom is 0.263 e. The van der Waals surface area contributed by atoms with E-state index in [1.807, 2.05) is 4.90 Å². The number of nitrogens with zero attached hydrogens (tertiary/aromatic N) is 2. The van der Waals surface area contributed by atoms with E-state index < -0.39 is 21.7 Å². The minimum Gasteiger partial charge on any atom is -0.395 e. The van der Waals surface area contributed by atoms with Gasteiger partial charge in [0, 0.05) is 24.8 Å². The predicted octanol–water partition coefficient (Wildman–Crippen LogP) is 2.51. The predicted molar refractivity (Wildman–Crippen MR) is 93.5 cm³/mol. The molecule has 0 spiro atoms. The van der Waals surface area contributed by atoms with E-state index in [9.17, 15) is 22.3 Å². The number of pyridine rings is 1. The van der Waals surface area contributed by atoms with Gasteiger partial charge in [0.1, 0.15) is 22.3 Å². The molecule has 0 unspecified atom stereocenters. The molecule has 1 heterocycles.